The van der Waals surface area contributed by atoms with E-state index in [2.05, 4.69) is 84.5 Å². The van der Waals surface area contributed by atoms with Gasteiger partial charge < -0.3 is 60.4 Å². The number of pyridine rings is 2. The predicted molar refractivity (Wildman–Crippen MR) is 277 cm³/mol. The van der Waals surface area contributed by atoms with Crippen molar-refractivity contribution in [3.8, 4) is 11.5 Å². The molecule has 0 unspecified atom stereocenters. The maximum Gasteiger partial charge on any atom is 0.421 e. The first-order chi connectivity index (χ1) is 34.6. The molecule has 2 aliphatic rings. The fraction of sp³-hybridized carbons (Fsp3) is 0.231. The number of aromatic hydroxyl groups is 2. The van der Waals surface area contributed by atoms with Gasteiger partial charge in [0.15, 0.2) is 0 Å². The average molecular weight is 1030 g/mol. The van der Waals surface area contributed by atoms with Crippen molar-refractivity contribution in [1.29, 1.82) is 0 Å². The lowest BCUT2D eigenvalue weighted by atomic mass is 10.2. The van der Waals surface area contributed by atoms with Crippen LogP contribution >= 0.6 is 0 Å². The third-order valence-electron chi connectivity index (χ3n) is 11.9. The van der Waals surface area contributed by atoms with E-state index >= 15 is 0 Å². The smallest absolute Gasteiger partial charge is 0.421 e. The van der Waals surface area contributed by atoms with E-state index in [1.54, 1.807) is 61.2 Å². The number of benzene rings is 4. The first-order valence-electron chi connectivity index (χ1n) is 23.2. The van der Waals surface area contributed by atoms with Crippen LogP contribution in [0.5, 0.6) is 11.5 Å². The summed E-state index contributed by atoms with van der Waals surface area (Å²) >= 11 is 0. The minimum Gasteiger partial charge on any atom is -1.00 e. The van der Waals surface area contributed by atoms with Gasteiger partial charge in [-0.15, -0.1) is 10.2 Å². The Bertz CT molecular complexity index is 3010. The molecule has 10 rings (SSSR count). The van der Waals surface area contributed by atoms with Gasteiger partial charge in [0.1, 0.15) is 34.2 Å². The number of imidazole rings is 2. The zero-order valence-corrected chi connectivity index (χ0v) is 42.6. The zero-order valence-electron chi connectivity index (χ0n) is 41.1. The number of phenols is 2. The molecule has 19 nitrogen and oxygen atoms in total. The molecule has 0 spiro atoms. The van der Waals surface area contributed by atoms with Crippen molar-refractivity contribution in [2.24, 2.45) is 58.9 Å². The number of halogens is 2. The van der Waals surface area contributed by atoms with Gasteiger partial charge in [-0.3, -0.25) is 9.97 Å². The molecular formula is C52H59Cl2N17O2. The van der Waals surface area contributed by atoms with Crippen molar-refractivity contribution in [3.05, 3.63) is 165 Å². The lowest BCUT2D eigenvalue weighted by Crippen LogP contribution is -3.00. The standard InChI is InChI=1S/C26H27N9O.C21H24N6O.C5H6N2.2ClH/c1-32-12-13-33(2)26(32)31-28-20-5-7-22(8-6-20)34-14-16-35(17-15-34)23-9-10-24(25(36)18-23)30-29-21-4-3-11-27-19-21;1-24-10-11-25(2)21(24)23-22-17-6-8-18(9-7-17)26-12-14-27(15-13-26)19-4-3-5-20(28)16-19;6-5-2-1-3-7-4-5;;/h3-13,18-19H,14-17H2,1-2H3;3-11,16H,12-15H2,1-2H3;1-4H,6H2;2*1H. The number of hydrogen-bond donors (Lipinski definition) is 3. The molecular weight excluding hydrogens is 966 g/mol. The van der Waals surface area contributed by atoms with Crippen LogP contribution in [-0.4, -0.2) is 81.7 Å². The Morgan fingerprint density at radius 1 is 0.479 bits per heavy atom. The van der Waals surface area contributed by atoms with Crippen molar-refractivity contribution >= 4 is 63.1 Å². The highest BCUT2D eigenvalue weighted by Crippen LogP contribution is 2.33. The van der Waals surface area contributed by atoms with Gasteiger partial charge in [0.05, 0.1) is 64.9 Å². The van der Waals surface area contributed by atoms with Gasteiger partial charge in [-0.25, -0.2) is 18.3 Å². The molecule has 2 fully saturated rings. The summed E-state index contributed by atoms with van der Waals surface area (Å²) in [6, 6.07) is 36.5. The van der Waals surface area contributed by atoms with Gasteiger partial charge in [0, 0.05) is 116 Å². The van der Waals surface area contributed by atoms with Gasteiger partial charge in [0.25, 0.3) is 0 Å². The Morgan fingerprint density at radius 3 is 1.33 bits per heavy atom. The van der Waals surface area contributed by atoms with Crippen LogP contribution in [0.3, 0.4) is 0 Å². The lowest BCUT2D eigenvalue weighted by Gasteiger charge is -2.37. The molecule has 0 bridgehead atoms. The molecule has 0 saturated carbocycles. The summed E-state index contributed by atoms with van der Waals surface area (Å²) in [6.07, 6.45) is 14.4. The number of anilines is 5. The summed E-state index contributed by atoms with van der Waals surface area (Å²) in [7, 11) is 7.80. The van der Waals surface area contributed by atoms with Crippen LogP contribution in [0, 0.1) is 0 Å². The summed E-state index contributed by atoms with van der Waals surface area (Å²) in [5, 5.41) is 45.8. The van der Waals surface area contributed by atoms with Gasteiger partial charge in [0.2, 0.25) is 0 Å². The molecule has 0 radical (unpaired) electrons. The molecule has 0 atom stereocenters. The molecule has 6 heterocycles. The molecule has 0 amide bonds. The first kappa shape index (κ1) is 53.9. The molecule has 2 saturated heterocycles. The second kappa shape index (κ2) is 26.1. The zero-order chi connectivity index (χ0) is 49.5. The first-order valence-corrected chi connectivity index (χ1v) is 23.2. The van der Waals surface area contributed by atoms with Crippen molar-refractivity contribution in [3.63, 3.8) is 0 Å². The average Bonchev–Trinajstić information content (AvgIpc) is 3.91. The van der Waals surface area contributed by atoms with E-state index in [4.69, 9.17) is 5.73 Å². The fourth-order valence-corrected chi connectivity index (χ4v) is 7.94. The van der Waals surface area contributed by atoms with E-state index in [1.807, 2.05) is 126 Å². The largest absolute Gasteiger partial charge is 1.00 e. The predicted octanol–water partition coefficient (Wildman–Crippen LogP) is 3.08. The summed E-state index contributed by atoms with van der Waals surface area (Å²) in [5.74, 6) is 2.00. The third kappa shape index (κ3) is 14.8. The lowest BCUT2D eigenvalue weighted by molar-refractivity contribution is -0.657. The normalized spacial score (nSPS) is 13.5. The number of aryl methyl sites for hydroxylation is 4. The number of nitrogens with zero attached hydrogens (tertiary/aromatic N) is 16. The quantitative estimate of drug-likeness (QED) is 0.136. The summed E-state index contributed by atoms with van der Waals surface area (Å²) < 4.78 is 7.72. The van der Waals surface area contributed by atoms with Gasteiger partial charge in [-0.2, -0.15) is 0 Å². The number of aromatic nitrogens is 6. The van der Waals surface area contributed by atoms with Crippen molar-refractivity contribution in [2.45, 2.75) is 0 Å². The van der Waals surface area contributed by atoms with Crippen molar-refractivity contribution < 1.29 is 44.2 Å². The van der Waals surface area contributed by atoms with Crippen LogP contribution in [0.1, 0.15) is 0 Å². The molecule has 8 aromatic rings. The Morgan fingerprint density at radius 2 is 0.932 bits per heavy atom. The molecule has 73 heavy (non-hydrogen) atoms. The maximum absolute atomic E-state index is 10.5. The SMILES string of the molecule is Cn1cc[n+](C)c1N=Nc1ccc(N2CCN(c3ccc(N=Nc4cccnc4)c(O)c3)CC2)cc1.Cn1cc[n+](C)c1N=Nc1ccc(N2CCN(c3cccc(O)c3)CC2)cc1.Nc1cccnc1.[Cl-].[Cl-]. The molecule has 0 aliphatic carbocycles. The number of azo groups is 3. The number of nitrogen functional groups attached to an aromatic ring is 1. The molecule has 21 heteroatoms. The minimum atomic E-state index is 0. The fourth-order valence-electron chi connectivity index (χ4n) is 7.94. The van der Waals surface area contributed by atoms with E-state index in [0.29, 0.717) is 22.8 Å². The van der Waals surface area contributed by atoms with Gasteiger partial charge in [-0.1, -0.05) is 16.3 Å². The van der Waals surface area contributed by atoms with E-state index in [0.717, 1.165) is 92.7 Å². The van der Waals surface area contributed by atoms with Crippen LogP contribution < -0.4 is 59.3 Å². The number of rotatable bonds is 10. The number of nitrogens with two attached hydrogens (primary N) is 1. The highest BCUT2D eigenvalue weighted by atomic mass is 35.5. The number of hydrogen-bond acceptors (Lipinski definition) is 15. The number of phenolic OH excluding ortho intramolecular Hbond substituents is 2. The Kier molecular flexibility index (Phi) is 19.3. The van der Waals surface area contributed by atoms with E-state index < -0.39 is 0 Å². The summed E-state index contributed by atoms with van der Waals surface area (Å²) in [4.78, 5) is 17.1. The Hall–Kier alpha value is -8.42. The van der Waals surface area contributed by atoms with Crippen LogP contribution in [0.15, 0.2) is 196 Å². The second-order valence-electron chi connectivity index (χ2n) is 16.9. The molecule has 4 aromatic carbocycles. The summed E-state index contributed by atoms with van der Waals surface area (Å²) in [5.41, 5.74) is 13.1. The summed E-state index contributed by atoms with van der Waals surface area (Å²) in [6.45, 7) is 7.19. The van der Waals surface area contributed by atoms with Crippen LogP contribution in [0.4, 0.5) is 63.1 Å². The molecule has 378 valence electrons. The van der Waals surface area contributed by atoms with Crippen LogP contribution in [0.2, 0.25) is 0 Å². The van der Waals surface area contributed by atoms with E-state index in [9.17, 15) is 10.2 Å². The van der Waals surface area contributed by atoms with Crippen LogP contribution in [-0.2, 0) is 28.2 Å². The maximum atomic E-state index is 10.5. The van der Waals surface area contributed by atoms with E-state index in [1.165, 1.54) is 5.69 Å². The molecule has 2 aliphatic heterocycles. The molecule has 4 aromatic heterocycles. The minimum absolute atomic E-state index is 0. The van der Waals surface area contributed by atoms with Gasteiger partial charge in [-0.05, 0) is 97.1 Å². The highest BCUT2D eigenvalue weighted by Gasteiger charge is 2.20. The highest BCUT2D eigenvalue weighted by molar-refractivity contribution is 5.63. The topological polar surface area (TPSA) is 197 Å². The number of piperazine rings is 2. The Labute approximate surface area is 437 Å². The van der Waals surface area contributed by atoms with Gasteiger partial charge >= 0.3 is 11.9 Å². The van der Waals surface area contributed by atoms with Crippen molar-refractivity contribution in [1.82, 2.24) is 19.1 Å². The Balaban J connectivity index is 0.000000209. The third-order valence-corrected chi connectivity index (χ3v) is 11.9. The second-order valence-corrected chi connectivity index (χ2v) is 16.9. The van der Waals surface area contributed by atoms with Crippen LogP contribution in [0.25, 0.3) is 0 Å². The molecule has 4 N–H and O–H groups in total. The van der Waals surface area contributed by atoms with E-state index in [-0.39, 0.29) is 30.6 Å². The monoisotopic (exact) mass is 1020 g/mol. The van der Waals surface area contributed by atoms with Crippen molar-refractivity contribution in [2.75, 3.05) is 77.7 Å².